The first kappa shape index (κ1) is 12.8. The van der Waals surface area contributed by atoms with Crippen LogP contribution in [0.5, 0.6) is 0 Å². The maximum absolute atomic E-state index is 11.2. The number of nitrogens with two attached hydrogens (primary N) is 1. The van der Waals surface area contributed by atoms with Crippen molar-refractivity contribution < 1.29 is 9.90 Å². The molecule has 3 N–H and O–H groups in total. The number of nitrogens with zero attached hydrogens (tertiary/aromatic N) is 1. The van der Waals surface area contributed by atoms with Crippen LogP contribution in [0.25, 0.3) is 0 Å². The lowest BCUT2D eigenvalue weighted by molar-refractivity contribution is -0.145. The molecule has 1 saturated heterocycles. The second-order valence-corrected chi connectivity index (χ2v) is 5.93. The molecule has 0 radical (unpaired) electrons. The molecule has 2 aliphatic rings. The van der Waals surface area contributed by atoms with Gasteiger partial charge in [-0.1, -0.05) is 6.92 Å². The van der Waals surface area contributed by atoms with Crippen LogP contribution in [0.3, 0.4) is 0 Å². The number of likely N-dealkylation sites (tertiary alicyclic amines) is 1. The maximum Gasteiger partial charge on any atom is 0.323 e. The summed E-state index contributed by atoms with van der Waals surface area (Å²) in [6, 6.07) is 0.386. The van der Waals surface area contributed by atoms with Gasteiger partial charge in [-0.15, -0.1) is 0 Å². The van der Waals surface area contributed by atoms with Gasteiger partial charge in [0.1, 0.15) is 5.54 Å². The Morgan fingerprint density at radius 2 is 2.00 bits per heavy atom. The molecule has 0 aromatic heterocycles. The number of hydrogen-bond acceptors (Lipinski definition) is 3. The number of rotatable bonds is 2. The zero-order chi connectivity index (χ0) is 12.5. The van der Waals surface area contributed by atoms with Crippen molar-refractivity contribution >= 4 is 5.97 Å². The number of hydrogen-bond donors (Lipinski definition) is 2. The molecule has 0 aromatic carbocycles. The number of piperidine rings is 1. The average molecular weight is 240 g/mol. The largest absolute Gasteiger partial charge is 0.480 e. The quantitative estimate of drug-likeness (QED) is 0.766. The Morgan fingerprint density at radius 3 is 2.59 bits per heavy atom. The molecule has 4 nitrogen and oxygen atoms in total. The number of carboxylic acids is 1. The van der Waals surface area contributed by atoms with Crippen molar-refractivity contribution in [3.8, 4) is 0 Å². The fraction of sp³-hybridized carbons (Fsp3) is 0.923. The highest BCUT2D eigenvalue weighted by Gasteiger charge is 2.41. The molecule has 0 bridgehead atoms. The molecular formula is C13H24N2O2. The lowest BCUT2D eigenvalue weighted by atomic mass is 9.78. The first-order valence-corrected chi connectivity index (χ1v) is 6.77. The van der Waals surface area contributed by atoms with Crippen molar-refractivity contribution in [1.29, 1.82) is 0 Å². The van der Waals surface area contributed by atoms with E-state index in [1.54, 1.807) is 0 Å². The van der Waals surface area contributed by atoms with Crippen molar-refractivity contribution in [2.24, 2.45) is 11.7 Å². The SMILES string of the molecule is CC1CCN(C2CCCC(N)(C(=O)O)C2)CC1. The van der Waals surface area contributed by atoms with Gasteiger partial charge in [-0.05, 0) is 57.5 Å². The minimum absolute atomic E-state index is 0.386. The fourth-order valence-corrected chi connectivity index (χ4v) is 3.18. The Morgan fingerprint density at radius 1 is 1.35 bits per heavy atom. The molecule has 1 aliphatic heterocycles. The molecule has 0 spiro atoms. The topological polar surface area (TPSA) is 66.6 Å². The summed E-state index contributed by atoms with van der Waals surface area (Å²) >= 11 is 0. The molecule has 1 aliphatic carbocycles. The van der Waals surface area contributed by atoms with Gasteiger partial charge in [0.05, 0.1) is 0 Å². The third-order valence-corrected chi connectivity index (χ3v) is 4.52. The fourth-order valence-electron chi connectivity index (χ4n) is 3.18. The third kappa shape index (κ3) is 2.80. The minimum Gasteiger partial charge on any atom is -0.480 e. The third-order valence-electron chi connectivity index (χ3n) is 4.52. The van der Waals surface area contributed by atoms with E-state index < -0.39 is 11.5 Å². The molecule has 17 heavy (non-hydrogen) atoms. The van der Waals surface area contributed by atoms with E-state index in [1.807, 2.05) is 0 Å². The Hall–Kier alpha value is -0.610. The Labute approximate surface area is 103 Å². The molecule has 0 amide bonds. The maximum atomic E-state index is 11.2. The standard InChI is InChI=1S/C13H24N2O2/c1-10-4-7-15(8-5-10)11-3-2-6-13(14,9-11)12(16)17/h10-11H,2-9,14H2,1H3,(H,16,17). The molecule has 2 rings (SSSR count). The zero-order valence-corrected chi connectivity index (χ0v) is 10.7. The van der Waals surface area contributed by atoms with Crippen LogP contribution in [-0.2, 0) is 4.79 Å². The van der Waals surface area contributed by atoms with E-state index in [2.05, 4.69) is 11.8 Å². The molecular weight excluding hydrogens is 216 g/mol. The van der Waals surface area contributed by atoms with Gasteiger partial charge in [0, 0.05) is 6.04 Å². The highest BCUT2D eigenvalue weighted by atomic mass is 16.4. The predicted octanol–water partition coefficient (Wildman–Crippen LogP) is 1.44. The van der Waals surface area contributed by atoms with Gasteiger partial charge in [0.25, 0.3) is 0 Å². The molecule has 2 unspecified atom stereocenters. The van der Waals surface area contributed by atoms with Gasteiger partial charge in [-0.3, -0.25) is 4.79 Å². The zero-order valence-electron chi connectivity index (χ0n) is 10.7. The van der Waals surface area contributed by atoms with Crippen LogP contribution in [0.2, 0.25) is 0 Å². The van der Waals surface area contributed by atoms with E-state index in [1.165, 1.54) is 12.8 Å². The summed E-state index contributed by atoms with van der Waals surface area (Å²) in [5.41, 5.74) is 5.02. The van der Waals surface area contributed by atoms with Crippen molar-refractivity contribution in [1.82, 2.24) is 4.90 Å². The summed E-state index contributed by atoms with van der Waals surface area (Å²) in [7, 11) is 0. The van der Waals surface area contributed by atoms with Crippen molar-refractivity contribution in [2.45, 2.75) is 57.0 Å². The summed E-state index contributed by atoms with van der Waals surface area (Å²) < 4.78 is 0. The molecule has 2 atom stereocenters. The molecule has 2 fully saturated rings. The summed E-state index contributed by atoms with van der Waals surface area (Å²) in [5, 5.41) is 9.21. The second-order valence-electron chi connectivity index (χ2n) is 5.93. The minimum atomic E-state index is -0.980. The van der Waals surface area contributed by atoms with Crippen molar-refractivity contribution in [3.63, 3.8) is 0 Å². The Balaban J connectivity index is 1.95. The first-order chi connectivity index (χ1) is 8.01. The smallest absolute Gasteiger partial charge is 0.323 e. The van der Waals surface area contributed by atoms with Crippen LogP contribution in [0.4, 0.5) is 0 Å². The predicted molar refractivity (Wildman–Crippen MR) is 66.8 cm³/mol. The van der Waals surface area contributed by atoms with Crippen molar-refractivity contribution in [2.75, 3.05) is 13.1 Å². The first-order valence-electron chi connectivity index (χ1n) is 6.77. The number of carbonyl (C=O) groups is 1. The molecule has 1 heterocycles. The highest BCUT2D eigenvalue weighted by Crippen LogP contribution is 2.31. The van der Waals surface area contributed by atoms with E-state index in [4.69, 9.17) is 5.73 Å². The summed E-state index contributed by atoms with van der Waals surface area (Å²) in [4.78, 5) is 13.7. The Kier molecular flexibility index (Phi) is 3.73. The van der Waals surface area contributed by atoms with Gasteiger partial charge in [0.2, 0.25) is 0 Å². The lowest BCUT2D eigenvalue weighted by Crippen LogP contribution is -2.56. The van der Waals surface area contributed by atoms with Crippen LogP contribution in [0.15, 0.2) is 0 Å². The summed E-state index contributed by atoms with van der Waals surface area (Å²) in [6.07, 6.45) is 5.78. The number of aliphatic carboxylic acids is 1. The van der Waals surface area contributed by atoms with Crippen molar-refractivity contribution in [3.05, 3.63) is 0 Å². The summed E-state index contributed by atoms with van der Waals surface area (Å²) in [5.74, 6) is -0.00970. The molecule has 98 valence electrons. The average Bonchev–Trinajstić information content (AvgIpc) is 2.30. The van der Waals surface area contributed by atoms with Gasteiger partial charge in [-0.25, -0.2) is 0 Å². The van der Waals surface area contributed by atoms with Gasteiger partial charge >= 0.3 is 5.97 Å². The molecule has 1 saturated carbocycles. The number of carboxylic acid groups (broad SMARTS) is 1. The second kappa shape index (κ2) is 4.94. The molecule has 4 heteroatoms. The lowest BCUT2D eigenvalue weighted by Gasteiger charge is -2.43. The van der Waals surface area contributed by atoms with E-state index >= 15 is 0 Å². The van der Waals surface area contributed by atoms with E-state index in [0.717, 1.165) is 31.8 Å². The highest BCUT2D eigenvalue weighted by molar-refractivity contribution is 5.78. The van der Waals surface area contributed by atoms with Crippen LogP contribution in [-0.4, -0.2) is 40.6 Å². The van der Waals surface area contributed by atoms with Crippen LogP contribution in [0.1, 0.15) is 45.4 Å². The van der Waals surface area contributed by atoms with Crippen LogP contribution < -0.4 is 5.73 Å². The van der Waals surface area contributed by atoms with E-state index in [0.29, 0.717) is 18.9 Å². The monoisotopic (exact) mass is 240 g/mol. The van der Waals surface area contributed by atoms with Gasteiger partial charge in [0.15, 0.2) is 0 Å². The van der Waals surface area contributed by atoms with Gasteiger partial charge < -0.3 is 15.7 Å². The normalized spacial score (nSPS) is 36.9. The molecule has 0 aromatic rings. The van der Waals surface area contributed by atoms with E-state index in [-0.39, 0.29) is 0 Å². The Bertz CT molecular complexity index is 287. The van der Waals surface area contributed by atoms with Gasteiger partial charge in [-0.2, -0.15) is 0 Å². The summed E-state index contributed by atoms with van der Waals surface area (Å²) in [6.45, 7) is 4.52. The van der Waals surface area contributed by atoms with Crippen LogP contribution >= 0.6 is 0 Å². The van der Waals surface area contributed by atoms with Crippen LogP contribution in [0, 0.1) is 5.92 Å². The van der Waals surface area contributed by atoms with E-state index in [9.17, 15) is 9.90 Å².